The minimum absolute atomic E-state index is 0.153. The van der Waals surface area contributed by atoms with Crippen molar-refractivity contribution in [3.05, 3.63) is 47.5 Å². The predicted octanol–water partition coefficient (Wildman–Crippen LogP) is 0.279. The Bertz CT molecular complexity index is 802. The van der Waals surface area contributed by atoms with Gasteiger partial charge in [-0.1, -0.05) is 5.16 Å². The summed E-state index contributed by atoms with van der Waals surface area (Å²) in [5.41, 5.74) is 6.69. The van der Waals surface area contributed by atoms with Crippen molar-refractivity contribution in [1.82, 2.24) is 0 Å². The molecule has 26 heavy (non-hydrogen) atoms. The summed E-state index contributed by atoms with van der Waals surface area (Å²) >= 11 is 0. The van der Waals surface area contributed by atoms with Gasteiger partial charge in [0.25, 0.3) is 0 Å². The van der Waals surface area contributed by atoms with E-state index >= 15 is 0 Å². The minimum atomic E-state index is -0.695. The fourth-order valence-corrected chi connectivity index (χ4v) is 2.17. The summed E-state index contributed by atoms with van der Waals surface area (Å²) in [6.07, 6.45) is 0. The lowest BCUT2D eigenvalue weighted by molar-refractivity contribution is -0.721. The molecule has 0 aromatic heterocycles. The molecule has 0 saturated carbocycles. The summed E-state index contributed by atoms with van der Waals surface area (Å²) in [7, 11) is 5.95. The number of carbonyl (C=O) groups is 1. The average molecular weight is 361 g/mol. The van der Waals surface area contributed by atoms with Gasteiger partial charge in [0.2, 0.25) is 0 Å². The van der Waals surface area contributed by atoms with E-state index in [0.29, 0.717) is 22.8 Å². The molecule has 0 fully saturated rings. The van der Waals surface area contributed by atoms with E-state index in [1.54, 1.807) is 31.4 Å². The maximum Gasteiger partial charge on any atom is 0.391 e. The van der Waals surface area contributed by atoms with Gasteiger partial charge in [-0.05, 0) is 24.3 Å². The van der Waals surface area contributed by atoms with E-state index in [1.165, 1.54) is 33.5 Å². The first-order valence-corrected chi connectivity index (χ1v) is 7.58. The van der Waals surface area contributed by atoms with Gasteiger partial charge in [0.05, 0.1) is 34.0 Å². The van der Waals surface area contributed by atoms with Crippen molar-refractivity contribution < 1.29 is 33.7 Å². The van der Waals surface area contributed by atoms with Gasteiger partial charge in [-0.25, -0.2) is 4.79 Å². The molecule has 2 aromatic rings. The van der Waals surface area contributed by atoms with Gasteiger partial charge in [0.1, 0.15) is 17.1 Å². The molecule has 0 atom stereocenters. The smallest absolute Gasteiger partial charge is 0.391 e. The number of benzene rings is 2. The molecular formula is C18H21N2O6+. The second-order valence-corrected chi connectivity index (χ2v) is 5.04. The standard InChI is InChI=1S/C18H20N2O6/c1-22-12-7-5-11(6-8-12)17(19)20-26-18(21)13-9-15(24-3)16(25-4)10-14(13)23-2/h5-10H,1-4H3,(H2,19,20)/p+1. The molecule has 0 saturated heterocycles. The van der Waals surface area contributed by atoms with E-state index in [4.69, 9.17) is 29.5 Å². The molecule has 0 bridgehead atoms. The molecule has 0 radical (unpaired) electrons. The van der Waals surface area contributed by atoms with Gasteiger partial charge in [-0.2, -0.15) is 0 Å². The van der Waals surface area contributed by atoms with E-state index in [9.17, 15) is 4.79 Å². The van der Waals surface area contributed by atoms with E-state index in [-0.39, 0.29) is 17.1 Å². The lowest BCUT2D eigenvalue weighted by Crippen LogP contribution is -2.75. The summed E-state index contributed by atoms with van der Waals surface area (Å²) in [4.78, 5) is 17.4. The quantitative estimate of drug-likeness (QED) is 0.316. The summed E-state index contributed by atoms with van der Waals surface area (Å²) in [5, 5.41) is 2.43. The van der Waals surface area contributed by atoms with Crippen LogP contribution in [0.1, 0.15) is 15.9 Å². The molecular weight excluding hydrogens is 340 g/mol. The van der Waals surface area contributed by atoms with Crippen LogP contribution in [-0.4, -0.2) is 40.2 Å². The van der Waals surface area contributed by atoms with Crippen molar-refractivity contribution in [2.45, 2.75) is 0 Å². The summed E-state index contributed by atoms with van der Waals surface area (Å²) < 4.78 is 20.7. The van der Waals surface area contributed by atoms with Crippen LogP contribution in [0.15, 0.2) is 36.4 Å². The highest BCUT2D eigenvalue weighted by Gasteiger charge is 2.20. The number of nitrogens with two attached hydrogens (primary N) is 1. The number of hydrogen-bond acceptors (Lipinski definition) is 6. The van der Waals surface area contributed by atoms with Gasteiger partial charge in [0, 0.05) is 12.1 Å². The molecule has 8 heteroatoms. The Kier molecular flexibility index (Phi) is 6.26. The average Bonchev–Trinajstić information content (AvgIpc) is 2.70. The number of nitrogen functional groups attached to an aromatic ring is 1. The number of methoxy groups -OCH3 is 4. The van der Waals surface area contributed by atoms with E-state index in [1.807, 2.05) is 0 Å². The Morgan fingerprint density at radius 1 is 0.846 bits per heavy atom. The highest BCUT2D eigenvalue weighted by molar-refractivity contribution is 5.95. The van der Waals surface area contributed by atoms with Crippen molar-refractivity contribution in [1.29, 1.82) is 0 Å². The van der Waals surface area contributed by atoms with Gasteiger partial charge < -0.3 is 18.9 Å². The Morgan fingerprint density at radius 3 is 1.96 bits per heavy atom. The molecule has 0 aliphatic heterocycles. The van der Waals surface area contributed by atoms with E-state index < -0.39 is 5.97 Å². The van der Waals surface area contributed by atoms with Gasteiger partial charge >= 0.3 is 11.8 Å². The number of amidine groups is 1. The molecule has 0 unspecified atom stereocenters. The summed E-state index contributed by atoms with van der Waals surface area (Å²) in [6, 6.07) is 9.93. The topological polar surface area (TPSA) is 103 Å². The fourth-order valence-electron chi connectivity index (χ4n) is 2.17. The van der Waals surface area contributed by atoms with Crippen LogP contribution in [0.3, 0.4) is 0 Å². The number of carbonyl (C=O) groups excluding carboxylic acids is 1. The van der Waals surface area contributed by atoms with Crippen LogP contribution < -0.4 is 29.8 Å². The first-order valence-electron chi connectivity index (χ1n) is 7.58. The second kappa shape index (κ2) is 8.61. The third kappa shape index (κ3) is 4.15. The monoisotopic (exact) mass is 361 g/mol. The van der Waals surface area contributed by atoms with E-state index in [2.05, 4.69) is 5.16 Å². The van der Waals surface area contributed by atoms with Gasteiger partial charge in [-0.15, -0.1) is 0 Å². The molecule has 0 aliphatic rings. The minimum Gasteiger partial charge on any atom is -0.497 e. The Labute approximate surface area is 151 Å². The zero-order valence-electron chi connectivity index (χ0n) is 15.0. The third-order valence-electron chi connectivity index (χ3n) is 3.58. The first kappa shape index (κ1) is 18.9. The Hall–Kier alpha value is -3.42. The zero-order chi connectivity index (χ0) is 19.1. The molecule has 3 N–H and O–H groups in total. The normalized spacial score (nSPS) is 10.8. The van der Waals surface area contributed by atoms with Crippen molar-refractivity contribution in [2.24, 2.45) is 5.73 Å². The first-order chi connectivity index (χ1) is 12.5. The van der Waals surface area contributed by atoms with Crippen LogP contribution in [0.5, 0.6) is 23.0 Å². The zero-order valence-corrected chi connectivity index (χ0v) is 15.0. The number of rotatable bonds is 7. The maximum atomic E-state index is 12.4. The molecule has 138 valence electrons. The van der Waals surface area contributed by atoms with E-state index in [0.717, 1.165) is 0 Å². The fraction of sp³-hybridized carbons (Fsp3) is 0.222. The maximum absolute atomic E-state index is 12.4. The van der Waals surface area contributed by atoms with Gasteiger partial charge in [0.15, 0.2) is 11.5 Å². The largest absolute Gasteiger partial charge is 0.497 e. The van der Waals surface area contributed by atoms with Crippen molar-refractivity contribution in [3.8, 4) is 23.0 Å². The van der Waals surface area contributed by atoms with Crippen LogP contribution in [0, 0.1) is 0 Å². The third-order valence-corrected chi connectivity index (χ3v) is 3.58. The molecule has 0 amide bonds. The van der Waals surface area contributed by atoms with Crippen molar-refractivity contribution in [3.63, 3.8) is 0 Å². The number of hydrogen-bond donors (Lipinski definition) is 2. The van der Waals surface area contributed by atoms with Crippen LogP contribution in [0.4, 0.5) is 0 Å². The molecule has 0 aliphatic carbocycles. The predicted molar refractivity (Wildman–Crippen MR) is 93.8 cm³/mol. The van der Waals surface area contributed by atoms with Crippen LogP contribution in [0.25, 0.3) is 0 Å². The Balaban J connectivity index is 2.23. The molecule has 0 spiro atoms. The van der Waals surface area contributed by atoms with Crippen LogP contribution in [0.2, 0.25) is 0 Å². The van der Waals surface area contributed by atoms with Crippen LogP contribution in [-0.2, 0) is 4.84 Å². The number of nitrogens with one attached hydrogen (secondary N) is 1. The van der Waals surface area contributed by atoms with Gasteiger partial charge in [-0.3, -0.25) is 10.6 Å². The van der Waals surface area contributed by atoms with Crippen molar-refractivity contribution in [2.75, 3.05) is 28.4 Å². The summed E-state index contributed by atoms with van der Waals surface area (Å²) in [6.45, 7) is 0. The van der Waals surface area contributed by atoms with Crippen molar-refractivity contribution >= 4 is 11.8 Å². The Morgan fingerprint density at radius 2 is 1.42 bits per heavy atom. The highest BCUT2D eigenvalue weighted by Crippen LogP contribution is 2.34. The lowest BCUT2D eigenvalue weighted by Gasteiger charge is -2.12. The molecule has 2 rings (SSSR count). The second-order valence-electron chi connectivity index (χ2n) is 5.04. The lowest BCUT2D eigenvalue weighted by atomic mass is 10.1. The SMILES string of the molecule is COc1ccc(C(N)=[NH+]OC(=O)c2cc(OC)c(OC)cc2OC)cc1. The van der Waals surface area contributed by atoms with Crippen LogP contribution >= 0.6 is 0 Å². The highest BCUT2D eigenvalue weighted by atomic mass is 16.7. The molecule has 8 nitrogen and oxygen atoms in total. The molecule has 2 aromatic carbocycles. The number of ether oxygens (including phenoxy) is 4. The summed E-state index contributed by atoms with van der Waals surface area (Å²) in [5.74, 6) is 1.23. The molecule has 0 heterocycles.